The maximum Gasteiger partial charge on any atom is 0.418 e. The Hall–Kier alpha value is -1.80. The molecule has 9 heteroatoms. The van der Waals surface area contributed by atoms with Crippen LogP contribution in [0.5, 0.6) is 0 Å². The first-order valence-electron chi connectivity index (χ1n) is 7.19. The van der Waals surface area contributed by atoms with Crippen LogP contribution in [-0.2, 0) is 11.0 Å². The Labute approximate surface area is 152 Å². The van der Waals surface area contributed by atoms with Gasteiger partial charge in [-0.15, -0.1) is 0 Å². The molecule has 2 rings (SSSR count). The second-order valence-electron chi connectivity index (χ2n) is 5.33. The maximum absolute atomic E-state index is 13.0. The van der Waals surface area contributed by atoms with Crippen LogP contribution in [0.15, 0.2) is 23.4 Å². The second kappa shape index (κ2) is 7.61. The lowest BCUT2D eigenvalue weighted by Gasteiger charge is -2.14. The molecule has 0 spiro atoms. The summed E-state index contributed by atoms with van der Waals surface area (Å²) >= 11 is 6.67. The van der Waals surface area contributed by atoms with E-state index in [1.165, 1.54) is 6.07 Å². The molecule has 1 amide bonds. The number of nitrogens with zero attached hydrogens (tertiary/aromatic N) is 2. The first-order valence-corrected chi connectivity index (χ1v) is 8.55. The van der Waals surface area contributed by atoms with Crippen molar-refractivity contribution in [3.63, 3.8) is 0 Å². The van der Waals surface area contributed by atoms with E-state index >= 15 is 0 Å². The van der Waals surface area contributed by atoms with Crippen LogP contribution >= 0.6 is 23.4 Å². The van der Waals surface area contributed by atoms with Gasteiger partial charge in [0, 0.05) is 16.4 Å². The van der Waals surface area contributed by atoms with Crippen LogP contribution in [0.25, 0.3) is 0 Å². The summed E-state index contributed by atoms with van der Waals surface area (Å²) in [6.45, 7) is 5.56. The van der Waals surface area contributed by atoms with Crippen molar-refractivity contribution in [2.75, 3.05) is 11.1 Å². The fourth-order valence-corrected chi connectivity index (χ4v) is 2.89. The highest BCUT2D eigenvalue weighted by atomic mass is 35.5. The summed E-state index contributed by atoms with van der Waals surface area (Å²) in [6.07, 6.45) is -4.62. The molecule has 4 nitrogen and oxygen atoms in total. The van der Waals surface area contributed by atoms with Gasteiger partial charge in [-0.05, 0) is 44.5 Å². The van der Waals surface area contributed by atoms with Crippen LogP contribution in [0.2, 0.25) is 5.02 Å². The molecule has 2 aromatic rings. The molecular weight excluding hydrogens is 375 g/mol. The summed E-state index contributed by atoms with van der Waals surface area (Å²) in [7, 11) is 0. The Kier molecular flexibility index (Phi) is 5.95. The Bertz CT molecular complexity index is 789. The van der Waals surface area contributed by atoms with Gasteiger partial charge in [-0.2, -0.15) is 13.2 Å². The van der Waals surface area contributed by atoms with Crippen LogP contribution in [0.4, 0.5) is 18.9 Å². The molecule has 0 atom stereocenters. The van der Waals surface area contributed by atoms with Crippen molar-refractivity contribution in [2.45, 2.75) is 32.1 Å². The molecular formula is C16H15ClF3N3OS. The van der Waals surface area contributed by atoms with Crippen LogP contribution in [0.1, 0.15) is 22.5 Å². The highest BCUT2D eigenvalue weighted by molar-refractivity contribution is 7.99. The molecule has 0 saturated carbocycles. The Balaban J connectivity index is 2.09. The fourth-order valence-electron chi connectivity index (χ4n) is 1.98. The van der Waals surface area contributed by atoms with Crippen molar-refractivity contribution in [3.05, 3.63) is 45.7 Å². The van der Waals surface area contributed by atoms with Gasteiger partial charge in [0.2, 0.25) is 5.91 Å². The number of thioether (sulfide) groups is 1. The van der Waals surface area contributed by atoms with Gasteiger partial charge in [0.05, 0.1) is 17.0 Å². The zero-order chi connectivity index (χ0) is 18.8. The van der Waals surface area contributed by atoms with E-state index < -0.39 is 17.6 Å². The molecule has 0 aliphatic heterocycles. The lowest BCUT2D eigenvalue weighted by Crippen LogP contribution is -2.18. The summed E-state index contributed by atoms with van der Waals surface area (Å²) in [4.78, 5) is 20.5. The number of amides is 1. The van der Waals surface area contributed by atoms with E-state index in [4.69, 9.17) is 11.6 Å². The number of hydrogen-bond donors (Lipinski definition) is 1. The predicted octanol–water partition coefficient (Wildman–Crippen LogP) is 4.80. The van der Waals surface area contributed by atoms with Gasteiger partial charge >= 0.3 is 6.18 Å². The lowest BCUT2D eigenvalue weighted by atomic mass is 10.1. The molecule has 1 aromatic heterocycles. The first kappa shape index (κ1) is 19.5. The number of rotatable bonds is 4. The van der Waals surface area contributed by atoms with E-state index in [1.54, 1.807) is 0 Å². The van der Waals surface area contributed by atoms with Gasteiger partial charge in [0.15, 0.2) is 5.16 Å². The minimum absolute atomic E-state index is 0.0568. The van der Waals surface area contributed by atoms with Crippen molar-refractivity contribution in [1.82, 2.24) is 9.97 Å². The molecule has 0 saturated heterocycles. The number of aryl methyl sites for hydroxylation is 2. The normalized spacial score (nSPS) is 11.5. The number of halogens is 4. The number of aromatic nitrogens is 2. The Morgan fingerprint density at radius 3 is 2.36 bits per heavy atom. The van der Waals surface area contributed by atoms with Gasteiger partial charge in [-0.3, -0.25) is 4.79 Å². The summed E-state index contributed by atoms with van der Waals surface area (Å²) in [5, 5.41) is 2.61. The average molecular weight is 390 g/mol. The molecule has 1 aromatic carbocycles. The second-order valence-corrected chi connectivity index (χ2v) is 6.71. The van der Waals surface area contributed by atoms with Crippen LogP contribution in [0, 0.1) is 20.8 Å². The summed E-state index contributed by atoms with van der Waals surface area (Å²) in [5.41, 5.74) is 1.24. The molecule has 0 fully saturated rings. The zero-order valence-corrected chi connectivity index (χ0v) is 15.2. The van der Waals surface area contributed by atoms with Crippen LogP contribution in [0.3, 0.4) is 0 Å². The fraction of sp³-hybridized carbons (Fsp3) is 0.312. The topological polar surface area (TPSA) is 54.9 Å². The molecule has 25 heavy (non-hydrogen) atoms. The smallest absolute Gasteiger partial charge is 0.325 e. The van der Waals surface area contributed by atoms with E-state index in [0.29, 0.717) is 5.16 Å². The van der Waals surface area contributed by atoms with Gasteiger partial charge < -0.3 is 5.32 Å². The molecule has 1 heterocycles. The van der Waals surface area contributed by atoms with Crippen molar-refractivity contribution in [3.8, 4) is 0 Å². The highest BCUT2D eigenvalue weighted by Gasteiger charge is 2.34. The van der Waals surface area contributed by atoms with Crippen LogP contribution in [-0.4, -0.2) is 21.6 Å². The van der Waals surface area contributed by atoms with E-state index in [1.807, 2.05) is 20.8 Å². The third kappa shape index (κ3) is 5.09. The Morgan fingerprint density at radius 2 is 1.80 bits per heavy atom. The molecule has 1 N–H and O–H groups in total. The lowest BCUT2D eigenvalue weighted by molar-refractivity contribution is -0.137. The summed E-state index contributed by atoms with van der Waals surface area (Å²) in [6, 6.07) is 3.19. The first-order chi connectivity index (χ1) is 11.6. The molecule has 0 unspecified atom stereocenters. The number of alkyl halides is 3. The largest absolute Gasteiger partial charge is 0.418 e. The van der Waals surface area contributed by atoms with Gasteiger partial charge in [-0.25, -0.2) is 9.97 Å². The summed E-state index contributed by atoms with van der Waals surface area (Å²) in [5.74, 6) is -0.695. The van der Waals surface area contributed by atoms with Crippen molar-refractivity contribution < 1.29 is 18.0 Å². The zero-order valence-electron chi connectivity index (χ0n) is 13.7. The van der Waals surface area contributed by atoms with Gasteiger partial charge in [-0.1, -0.05) is 23.4 Å². The van der Waals surface area contributed by atoms with E-state index in [0.717, 1.165) is 40.8 Å². The van der Waals surface area contributed by atoms with Gasteiger partial charge in [0.25, 0.3) is 0 Å². The van der Waals surface area contributed by atoms with E-state index in [9.17, 15) is 18.0 Å². The maximum atomic E-state index is 13.0. The standard InChI is InChI=1S/C16H15ClF3N3OS/c1-8-9(2)21-15(22-10(8)3)25-7-14(24)23-13-5-4-11(17)6-12(13)16(18,19)20/h4-6H,7H2,1-3H3,(H,23,24). The quantitative estimate of drug-likeness (QED) is 0.602. The highest BCUT2D eigenvalue weighted by Crippen LogP contribution is 2.36. The monoisotopic (exact) mass is 389 g/mol. The third-order valence-corrected chi connectivity index (χ3v) is 4.59. The van der Waals surface area contributed by atoms with Crippen molar-refractivity contribution >= 4 is 35.0 Å². The molecule has 0 aliphatic carbocycles. The molecule has 134 valence electrons. The van der Waals surface area contributed by atoms with E-state index in [-0.39, 0.29) is 16.5 Å². The number of carbonyl (C=O) groups excluding carboxylic acids is 1. The van der Waals surface area contributed by atoms with Gasteiger partial charge in [0.1, 0.15) is 0 Å². The number of hydrogen-bond acceptors (Lipinski definition) is 4. The predicted molar refractivity (Wildman–Crippen MR) is 92.1 cm³/mol. The van der Waals surface area contributed by atoms with Crippen LogP contribution < -0.4 is 5.32 Å². The number of anilines is 1. The molecule has 0 bridgehead atoms. The SMILES string of the molecule is Cc1nc(SCC(=O)Nc2ccc(Cl)cc2C(F)(F)F)nc(C)c1C. The third-order valence-electron chi connectivity index (χ3n) is 3.51. The molecule has 0 aliphatic rings. The minimum Gasteiger partial charge on any atom is -0.325 e. The van der Waals surface area contributed by atoms with E-state index in [2.05, 4.69) is 15.3 Å². The number of carbonyl (C=O) groups is 1. The number of nitrogens with one attached hydrogen (secondary N) is 1. The Morgan fingerprint density at radius 1 is 1.20 bits per heavy atom. The summed E-state index contributed by atoms with van der Waals surface area (Å²) < 4.78 is 39.1. The molecule has 0 radical (unpaired) electrons. The average Bonchev–Trinajstić information content (AvgIpc) is 2.51. The van der Waals surface area contributed by atoms with Crippen molar-refractivity contribution in [1.29, 1.82) is 0 Å². The number of benzene rings is 1. The van der Waals surface area contributed by atoms with Crippen molar-refractivity contribution in [2.24, 2.45) is 0 Å². The minimum atomic E-state index is -4.62.